The molecular formula is C29H33F5N6O2. The van der Waals surface area contributed by atoms with Crippen LogP contribution in [0.15, 0.2) is 47.5 Å². The van der Waals surface area contributed by atoms with Gasteiger partial charge in [-0.05, 0) is 42.2 Å². The molecule has 13 heteroatoms. The number of methoxy groups -OCH3 is 1. The Bertz CT molecular complexity index is 1690. The number of benzene rings is 1. The molecule has 1 aliphatic heterocycles. The number of pyridine rings is 1. The summed E-state index contributed by atoms with van der Waals surface area (Å²) in [7, 11) is 5.40. The van der Waals surface area contributed by atoms with E-state index in [1.807, 2.05) is 30.9 Å². The maximum Gasteiger partial charge on any atom is 0.418 e. The van der Waals surface area contributed by atoms with Crippen molar-refractivity contribution in [2.24, 2.45) is 20.0 Å². The van der Waals surface area contributed by atoms with Crippen LogP contribution < -0.4 is 5.69 Å². The predicted molar refractivity (Wildman–Crippen MR) is 145 cm³/mol. The molecule has 2 fully saturated rings. The van der Waals surface area contributed by atoms with Gasteiger partial charge in [-0.2, -0.15) is 13.2 Å². The van der Waals surface area contributed by atoms with Crippen LogP contribution in [0.1, 0.15) is 48.7 Å². The molecule has 42 heavy (non-hydrogen) atoms. The van der Waals surface area contributed by atoms with E-state index < -0.39 is 34.7 Å². The Kier molecular flexibility index (Phi) is 6.69. The molecule has 0 N–H and O–H groups in total. The first kappa shape index (κ1) is 28.7. The van der Waals surface area contributed by atoms with E-state index in [1.165, 1.54) is 23.9 Å². The van der Waals surface area contributed by atoms with Crippen LogP contribution in [-0.2, 0) is 37.0 Å². The van der Waals surface area contributed by atoms with E-state index in [2.05, 4.69) is 5.10 Å². The summed E-state index contributed by atoms with van der Waals surface area (Å²) >= 11 is 0. The Balaban J connectivity index is 1.40. The Morgan fingerprint density at radius 1 is 1.12 bits per heavy atom. The van der Waals surface area contributed by atoms with Gasteiger partial charge in [0.25, 0.3) is 5.92 Å². The first-order valence-electron chi connectivity index (χ1n) is 13.9. The third kappa shape index (κ3) is 4.57. The number of aryl methyl sites for hydroxylation is 1. The lowest BCUT2D eigenvalue weighted by Crippen LogP contribution is -2.51. The van der Waals surface area contributed by atoms with Gasteiger partial charge in [0.15, 0.2) is 5.82 Å². The van der Waals surface area contributed by atoms with E-state index in [4.69, 9.17) is 4.74 Å². The number of piperidine rings is 1. The van der Waals surface area contributed by atoms with E-state index in [1.54, 1.807) is 28.9 Å². The fourth-order valence-electron chi connectivity index (χ4n) is 6.47. The molecular weight excluding hydrogens is 559 g/mol. The highest BCUT2D eigenvalue weighted by molar-refractivity contribution is 5.58. The molecule has 0 unspecified atom stereocenters. The summed E-state index contributed by atoms with van der Waals surface area (Å²) in [5.74, 6) is -2.87. The van der Waals surface area contributed by atoms with Crippen LogP contribution in [0.3, 0.4) is 0 Å². The molecule has 4 heterocycles. The topological polar surface area (TPSA) is 61.6 Å². The largest absolute Gasteiger partial charge is 0.418 e. The van der Waals surface area contributed by atoms with Gasteiger partial charge in [0.2, 0.25) is 0 Å². The number of ether oxygens (including phenoxy) is 1. The molecule has 0 spiro atoms. The second kappa shape index (κ2) is 9.80. The molecule has 1 atom stereocenters. The van der Waals surface area contributed by atoms with E-state index >= 15 is 0 Å². The smallest absolute Gasteiger partial charge is 0.381 e. The summed E-state index contributed by atoms with van der Waals surface area (Å²) in [6.07, 6.45) is -1.09. The molecule has 4 aromatic rings. The number of hydrogen-bond donors (Lipinski definition) is 0. The molecule has 226 valence electrons. The maximum atomic E-state index is 14.3. The fourth-order valence-corrected chi connectivity index (χ4v) is 6.47. The number of imidazole rings is 1. The summed E-state index contributed by atoms with van der Waals surface area (Å²) < 4.78 is 80.5. The number of halogens is 5. The average molecular weight is 593 g/mol. The summed E-state index contributed by atoms with van der Waals surface area (Å²) in [6.45, 7) is 1.57. The normalized spacial score (nSPS) is 24.8. The van der Waals surface area contributed by atoms with E-state index in [-0.39, 0.29) is 43.2 Å². The highest BCUT2D eigenvalue weighted by Gasteiger charge is 2.51. The lowest BCUT2D eigenvalue weighted by atomic mass is 9.61. The number of rotatable bonds is 6. The summed E-state index contributed by atoms with van der Waals surface area (Å²) in [5.41, 5.74) is -0.774. The molecule has 1 saturated heterocycles. The van der Waals surface area contributed by atoms with E-state index in [9.17, 15) is 26.7 Å². The quantitative estimate of drug-likeness (QED) is 0.303. The number of alkyl halides is 5. The van der Waals surface area contributed by atoms with Crippen LogP contribution in [0.4, 0.5) is 22.0 Å². The van der Waals surface area contributed by atoms with Crippen LogP contribution in [0, 0.1) is 5.92 Å². The minimum Gasteiger partial charge on any atom is -0.381 e. The van der Waals surface area contributed by atoms with Crippen molar-refractivity contribution < 1.29 is 26.7 Å². The van der Waals surface area contributed by atoms with Crippen LogP contribution in [0.2, 0.25) is 0 Å². The van der Waals surface area contributed by atoms with E-state index in [0.717, 1.165) is 21.9 Å². The lowest BCUT2D eigenvalue weighted by molar-refractivity contribution is -0.136. The van der Waals surface area contributed by atoms with Gasteiger partial charge in [0.1, 0.15) is 0 Å². The zero-order valence-corrected chi connectivity index (χ0v) is 23.8. The summed E-state index contributed by atoms with van der Waals surface area (Å²) in [6, 6.07) is 8.25. The zero-order valence-electron chi connectivity index (χ0n) is 23.8. The third-order valence-electron chi connectivity index (χ3n) is 9.12. The zero-order chi connectivity index (χ0) is 30.2. The third-order valence-corrected chi connectivity index (χ3v) is 9.12. The Morgan fingerprint density at radius 3 is 2.48 bits per heavy atom. The molecule has 0 bridgehead atoms. The average Bonchev–Trinajstić information content (AvgIpc) is 3.25. The van der Waals surface area contributed by atoms with Gasteiger partial charge >= 0.3 is 11.9 Å². The first-order valence-corrected chi connectivity index (χ1v) is 13.9. The van der Waals surface area contributed by atoms with Gasteiger partial charge in [-0.25, -0.2) is 18.4 Å². The van der Waals surface area contributed by atoms with Crippen LogP contribution >= 0.6 is 0 Å². The predicted octanol–water partition coefficient (Wildman–Crippen LogP) is 4.75. The van der Waals surface area contributed by atoms with Gasteiger partial charge in [-0.15, -0.1) is 5.10 Å². The van der Waals surface area contributed by atoms with Crippen molar-refractivity contribution in [3.8, 4) is 5.69 Å². The van der Waals surface area contributed by atoms with Crippen molar-refractivity contribution in [1.82, 2.24) is 28.4 Å². The minimum atomic E-state index is -4.73. The monoisotopic (exact) mass is 592 g/mol. The fraction of sp³-hybridized carbons (Fsp3) is 0.517. The first-order chi connectivity index (χ1) is 19.7. The number of fused-ring (bicyclic) bond motifs is 1. The number of likely N-dealkylation sites (tertiary alicyclic amines) is 1. The van der Waals surface area contributed by atoms with Crippen LogP contribution in [-0.4, -0.2) is 60.7 Å². The Morgan fingerprint density at radius 2 is 1.86 bits per heavy atom. The number of aromatic nitrogens is 5. The molecule has 0 radical (unpaired) electrons. The van der Waals surface area contributed by atoms with Crippen molar-refractivity contribution in [3.05, 3.63) is 75.7 Å². The van der Waals surface area contributed by atoms with Crippen molar-refractivity contribution >= 4 is 5.52 Å². The van der Waals surface area contributed by atoms with Crippen molar-refractivity contribution in [1.29, 1.82) is 0 Å². The molecule has 8 nitrogen and oxygen atoms in total. The number of nitrogens with zero attached hydrogens (tertiary/aromatic N) is 6. The maximum absolute atomic E-state index is 14.3. The highest BCUT2D eigenvalue weighted by atomic mass is 19.4. The van der Waals surface area contributed by atoms with Gasteiger partial charge in [-0.1, -0.05) is 19.1 Å². The van der Waals surface area contributed by atoms with Crippen LogP contribution in [0.5, 0.6) is 0 Å². The minimum absolute atomic E-state index is 0.0276. The highest BCUT2D eigenvalue weighted by Crippen LogP contribution is 2.50. The SMILES string of the molecule is COC1CC(c2cccc(-n3cc4c(C(F)(F)F)cc(CN5CCC(F)(F)[C@H](C)C5)cn4c3=O)c2)(c2nn(C)n2C)C1. The van der Waals surface area contributed by atoms with Crippen molar-refractivity contribution in [3.63, 3.8) is 0 Å². The Hall–Kier alpha value is -3.45. The standard InChI is InChI=1S/C29H33F5N6O2/c1-18-14-38(9-8-28(18,30)31)15-19-10-23(29(32,33)34)24-17-39(26(41)40(24)16-19)21-7-5-6-20(11-21)27(12-22(13-27)42-4)25-35-37(3)36(25)2/h5-7,10-11,16-18,22H,8-9,12-15H2,1-4H3/t18-,22?,27?/m1/s1. The van der Waals surface area contributed by atoms with Gasteiger partial charge in [0, 0.05) is 65.6 Å². The molecule has 0 amide bonds. The molecule has 1 aromatic carbocycles. The summed E-state index contributed by atoms with van der Waals surface area (Å²) in [5, 5.41) is 4.58. The van der Waals surface area contributed by atoms with Gasteiger partial charge in [-0.3, -0.25) is 18.5 Å². The van der Waals surface area contributed by atoms with E-state index in [0.29, 0.717) is 18.5 Å². The van der Waals surface area contributed by atoms with Gasteiger partial charge < -0.3 is 4.74 Å². The second-order valence-electron chi connectivity index (χ2n) is 11.8. The molecule has 1 saturated carbocycles. The summed E-state index contributed by atoms with van der Waals surface area (Å²) in [4.78, 5) is 17.0. The molecule has 2 aliphatic rings. The molecule has 1 aliphatic carbocycles. The molecule has 6 rings (SSSR count). The van der Waals surface area contributed by atoms with Crippen LogP contribution in [0.25, 0.3) is 11.2 Å². The Labute approximate surface area is 238 Å². The van der Waals surface area contributed by atoms with Crippen molar-refractivity contribution in [2.75, 3.05) is 20.2 Å². The number of hydrogen-bond acceptors (Lipinski definition) is 4. The van der Waals surface area contributed by atoms with Crippen molar-refractivity contribution in [2.45, 2.75) is 56.3 Å². The second-order valence-corrected chi connectivity index (χ2v) is 11.8. The molecule has 3 aromatic heterocycles. The van der Waals surface area contributed by atoms with Gasteiger partial charge in [0.05, 0.1) is 28.3 Å². The lowest BCUT2D eigenvalue weighted by Gasteiger charge is -2.48.